The summed E-state index contributed by atoms with van der Waals surface area (Å²) in [5.74, 6) is -2.70. The molecule has 0 bridgehead atoms. The van der Waals surface area contributed by atoms with Crippen molar-refractivity contribution in [3.8, 4) is 11.5 Å². The molecule has 1 aliphatic heterocycles. The molecular formula is C35H48O13. The molecule has 13 nitrogen and oxygen atoms in total. The third-order valence-electron chi connectivity index (χ3n) is 7.87. The number of rotatable bonds is 19. The molecule has 0 aromatic heterocycles. The van der Waals surface area contributed by atoms with Gasteiger partial charge in [-0.2, -0.15) is 0 Å². The molecule has 266 valence electrons. The van der Waals surface area contributed by atoms with Gasteiger partial charge < -0.3 is 33.2 Å². The van der Waals surface area contributed by atoms with Crippen LogP contribution in [0.1, 0.15) is 100 Å². The Hall–Kier alpha value is -4.42. The minimum Gasteiger partial charge on any atom is -0.496 e. The van der Waals surface area contributed by atoms with Crippen molar-refractivity contribution in [1.82, 2.24) is 0 Å². The molecule has 1 aromatic rings. The predicted octanol–water partition coefficient (Wildman–Crippen LogP) is 4.89. The van der Waals surface area contributed by atoms with Gasteiger partial charge in [-0.15, -0.1) is 0 Å². The molecular weight excluding hydrogens is 628 g/mol. The van der Waals surface area contributed by atoms with Gasteiger partial charge in [0.1, 0.15) is 31.1 Å². The zero-order valence-corrected chi connectivity index (χ0v) is 29.2. The Kier molecular flexibility index (Phi) is 16.1. The van der Waals surface area contributed by atoms with E-state index in [0.717, 1.165) is 11.1 Å². The molecule has 0 radical (unpaired) electrons. The smallest absolute Gasteiger partial charge is 0.342 e. The first-order valence-corrected chi connectivity index (χ1v) is 15.9. The Morgan fingerprint density at radius 1 is 0.833 bits per heavy atom. The number of hydrogen-bond acceptors (Lipinski definition) is 13. The summed E-state index contributed by atoms with van der Waals surface area (Å²) in [7, 11) is 2.84. The zero-order chi connectivity index (χ0) is 36.0. The molecule has 2 unspecified atom stereocenters. The fraction of sp³-hybridized carbons (Fsp3) is 0.600. The molecule has 13 heteroatoms. The van der Waals surface area contributed by atoms with Gasteiger partial charge in [0.05, 0.1) is 14.2 Å². The van der Waals surface area contributed by atoms with Crippen molar-refractivity contribution in [3.63, 3.8) is 0 Å². The third-order valence-corrected chi connectivity index (χ3v) is 7.87. The van der Waals surface area contributed by atoms with Crippen LogP contribution in [0.4, 0.5) is 0 Å². The average Bonchev–Trinajstić information content (AvgIpc) is 3.41. The minimum atomic E-state index is -0.922. The van der Waals surface area contributed by atoms with E-state index in [2.05, 4.69) is 0 Å². The number of ether oxygens (including phenoxy) is 7. The number of allylic oxidation sites excluding steroid dienone is 2. The Morgan fingerprint density at radius 3 is 1.96 bits per heavy atom. The highest BCUT2D eigenvalue weighted by Gasteiger charge is 2.34. The second-order valence-corrected chi connectivity index (χ2v) is 12.1. The van der Waals surface area contributed by atoms with Gasteiger partial charge >= 0.3 is 35.8 Å². The topological polar surface area (TPSA) is 167 Å². The molecule has 48 heavy (non-hydrogen) atoms. The number of carbonyl (C=O) groups excluding carboxylic acids is 6. The highest BCUT2D eigenvalue weighted by Crippen LogP contribution is 2.43. The first-order chi connectivity index (χ1) is 22.7. The van der Waals surface area contributed by atoms with E-state index in [0.29, 0.717) is 36.1 Å². The summed E-state index contributed by atoms with van der Waals surface area (Å²) >= 11 is 0. The lowest BCUT2D eigenvalue weighted by Crippen LogP contribution is -2.30. The average molecular weight is 677 g/mol. The lowest BCUT2D eigenvalue weighted by Gasteiger charge is -2.20. The van der Waals surface area contributed by atoms with Crippen molar-refractivity contribution in [2.24, 2.45) is 11.8 Å². The van der Waals surface area contributed by atoms with Gasteiger partial charge in [-0.3, -0.25) is 24.0 Å². The fourth-order valence-corrected chi connectivity index (χ4v) is 5.17. The number of cyclic esters (lactones) is 1. The molecule has 1 heterocycles. The molecule has 0 amide bonds. The molecule has 1 aromatic carbocycles. The van der Waals surface area contributed by atoms with Crippen LogP contribution in [-0.4, -0.2) is 69.4 Å². The van der Waals surface area contributed by atoms with Crippen molar-refractivity contribution >= 4 is 35.8 Å². The second kappa shape index (κ2) is 19.4. The monoisotopic (exact) mass is 676 g/mol. The number of hydrogen-bond donors (Lipinski definition) is 0. The molecule has 0 spiro atoms. The Labute approximate surface area is 281 Å². The fourth-order valence-electron chi connectivity index (χ4n) is 5.17. The normalized spacial score (nSPS) is 13.6. The first-order valence-electron chi connectivity index (χ1n) is 15.9. The maximum absolute atomic E-state index is 13.2. The number of fused-ring (bicyclic) bond motifs is 1. The second-order valence-electron chi connectivity index (χ2n) is 12.1. The van der Waals surface area contributed by atoms with Crippen LogP contribution in [0.15, 0.2) is 11.6 Å². The third kappa shape index (κ3) is 12.6. The van der Waals surface area contributed by atoms with E-state index in [1.165, 1.54) is 28.1 Å². The molecule has 0 fully saturated rings. The maximum atomic E-state index is 13.2. The summed E-state index contributed by atoms with van der Waals surface area (Å²) in [6.45, 7) is 9.48. The van der Waals surface area contributed by atoms with Crippen LogP contribution in [0.3, 0.4) is 0 Å². The van der Waals surface area contributed by atoms with Crippen LogP contribution in [0.2, 0.25) is 0 Å². The van der Waals surface area contributed by atoms with Crippen molar-refractivity contribution in [2.75, 3.05) is 27.4 Å². The molecule has 0 saturated heterocycles. The van der Waals surface area contributed by atoms with Crippen LogP contribution in [0, 0.1) is 18.8 Å². The summed E-state index contributed by atoms with van der Waals surface area (Å²) in [4.78, 5) is 72.5. The van der Waals surface area contributed by atoms with Gasteiger partial charge in [0.15, 0.2) is 11.9 Å². The van der Waals surface area contributed by atoms with Crippen molar-refractivity contribution < 1.29 is 61.9 Å². The van der Waals surface area contributed by atoms with Crippen LogP contribution >= 0.6 is 0 Å². The molecule has 2 rings (SSSR count). The van der Waals surface area contributed by atoms with Crippen LogP contribution in [0.25, 0.3) is 0 Å². The Balaban J connectivity index is 2.08. The number of methoxy groups -OCH3 is 2. The maximum Gasteiger partial charge on any atom is 0.342 e. The van der Waals surface area contributed by atoms with Crippen molar-refractivity contribution in [1.29, 1.82) is 0 Å². The van der Waals surface area contributed by atoms with Gasteiger partial charge in [-0.1, -0.05) is 25.5 Å². The van der Waals surface area contributed by atoms with Crippen LogP contribution < -0.4 is 9.47 Å². The minimum absolute atomic E-state index is 0.0418. The lowest BCUT2D eigenvalue weighted by molar-refractivity contribution is -0.166. The highest BCUT2D eigenvalue weighted by molar-refractivity contribution is 5.99. The molecule has 0 saturated carbocycles. The van der Waals surface area contributed by atoms with E-state index in [9.17, 15) is 28.8 Å². The van der Waals surface area contributed by atoms with E-state index in [1.807, 2.05) is 33.8 Å². The van der Waals surface area contributed by atoms with Crippen LogP contribution in [0.5, 0.6) is 11.5 Å². The molecule has 1 aliphatic rings. The van der Waals surface area contributed by atoms with E-state index in [-0.39, 0.29) is 74.6 Å². The van der Waals surface area contributed by atoms with Crippen molar-refractivity contribution in [2.45, 2.75) is 99.2 Å². The van der Waals surface area contributed by atoms with Crippen LogP contribution in [-0.2, 0) is 60.7 Å². The van der Waals surface area contributed by atoms with Crippen molar-refractivity contribution in [3.05, 3.63) is 33.9 Å². The quantitative estimate of drug-likeness (QED) is 0.0842. The van der Waals surface area contributed by atoms with Gasteiger partial charge in [0.25, 0.3) is 0 Å². The standard InChI is InChI=1S/C35H48O13/c1-20(12-14-29(38)42-7)11-13-27-33(43-8)23(4)28-19-46-35(41)32(28)34(27)48-31(40)16-22(3)10-9-21(2)15-30(39)47-26(17-44-24(5)36)18-45-25(6)37/h11,21-22,26H,9-10,12-19H2,1-8H3/b20-11+. The van der Waals surface area contributed by atoms with E-state index in [1.54, 1.807) is 0 Å². The number of benzene rings is 1. The Morgan fingerprint density at radius 2 is 1.42 bits per heavy atom. The van der Waals surface area contributed by atoms with Gasteiger partial charge in [0, 0.05) is 44.2 Å². The van der Waals surface area contributed by atoms with Gasteiger partial charge in [-0.25, -0.2) is 4.79 Å². The number of carbonyl (C=O) groups is 6. The van der Waals surface area contributed by atoms with E-state index in [4.69, 9.17) is 33.2 Å². The zero-order valence-electron chi connectivity index (χ0n) is 29.2. The highest BCUT2D eigenvalue weighted by atomic mass is 16.6. The van der Waals surface area contributed by atoms with Gasteiger partial charge in [-0.05, 0) is 56.9 Å². The van der Waals surface area contributed by atoms with E-state index >= 15 is 0 Å². The largest absolute Gasteiger partial charge is 0.496 e. The molecule has 0 N–H and O–H groups in total. The molecule has 0 aliphatic carbocycles. The first kappa shape index (κ1) is 39.8. The summed E-state index contributed by atoms with van der Waals surface area (Å²) < 4.78 is 36.8. The van der Waals surface area contributed by atoms with E-state index < -0.39 is 36.0 Å². The summed E-state index contributed by atoms with van der Waals surface area (Å²) in [6, 6.07) is 0. The lowest BCUT2D eigenvalue weighted by atomic mass is 9.93. The molecule has 2 atom stereocenters. The summed E-state index contributed by atoms with van der Waals surface area (Å²) in [6.07, 6.45) is 3.28. The Bertz CT molecular complexity index is 1360. The number of esters is 6. The van der Waals surface area contributed by atoms with Gasteiger partial charge in [0.2, 0.25) is 0 Å². The summed E-state index contributed by atoms with van der Waals surface area (Å²) in [5.41, 5.74) is 2.97. The summed E-state index contributed by atoms with van der Waals surface area (Å²) in [5, 5.41) is 0. The predicted molar refractivity (Wildman–Crippen MR) is 171 cm³/mol. The SMILES string of the molecule is COC(=O)CC/C(C)=C/Cc1c(OC)c(C)c2c(c1OC(=O)CC(C)CCC(C)CC(=O)OC(COC(C)=O)COC(C)=O)C(=O)OC2.